The Balaban J connectivity index is 0.000000296. The number of nitrogens with one attached hydrogen (secondary N) is 4. The van der Waals surface area contributed by atoms with Crippen LogP contribution in [0.4, 0.5) is 50.3 Å². The number of para-hydroxylation sites is 2. The molecule has 242 valence electrons. The van der Waals surface area contributed by atoms with E-state index in [0.717, 1.165) is 23.8 Å². The second-order valence-electron chi connectivity index (χ2n) is 9.11. The zero-order valence-corrected chi connectivity index (χ0v) is 24.4. The third-order valence-electron chi connectivity index (χ3n) is 5.62. The molecule has 0 heterocycles. The SMILES string of the molecule is Cc1ccccc1NC(=O)Nc1ccc(C#N)cc1O.N#Cc1ccc(NC(=O)Nc2ccccc2C(F)(F)F)c(O)c1.NC(N)=O. The number of nitrogens with zero attached hydrogens (tertiary/aromatic N) is 2. The molecule has 4 aromatic carbocycles. The van der Waals surface area contributed by atoms with E-state index in [1.165, 1.54) is 42.5 Å². The van der Waals surface area contributed by atoms with Gasteiger partial charge in [0.1, 0.15) is 11.5 Å². The van der Waals surface area contributed by atoms with Gasteiger partial charge in [-0.3, -0.25) is 0 Å². The average Bonchev–Trinajstić information content (AvgIpc) is 3.00. The van der Waals surface area contributed by atoms with Crippen molar-refractivity contribution >= 4 is 40.8 Å². The minimum absolute atomic E-state index is 0.0361. The first kappa shape index (κ1) is 36.3. The van der Waals surface area contributed by atoms with Crippen molar-refractivity contribution in [3.63, 3.8) is 0 Å². The zero-order chi connectivity index (χ0) is 35.1. The van der Waals surface area contributed by atoms with Gasteiger partial charge >= 0.3 is 24.3 Å². The van der Waals surface area contributed by atoms with Crippen LogP contribution in [0, 0.1) is 29.6 Å². The highest BCUT2D eigenvalue weighted by Crippen LogP contribution is 2.34. The molecule has 0 fully saturated rings. The van der Waals surface area contributed by atoms with Gasteiger partial charge in [0.25, 0.3) is 0 Å². The molecule has 0 bridgehead atoms. The first-order valence-corrected chi connectivity index (χ1v) is 13.0. The maximum atomic E-state index is 12.8. The molecule has 4 aromatic rings. The van der Waals surface area contributed by atoms with Gasteiger partial charge in [-0.05, 0) is 67.1 Å². The van der Waals surface area contributed by atoms with E-state index in [2.05, 4.69) is 32.7 Å². The molecule has 0 aliphatic rings. The van der Waals surface area contributed by atoms with E-state index in [1.54, 1.807) is 12.1 Å². The molecule has 0 aromatic heterocycles. The number of nitrogens with two attached hydrogens (primary N) is 2. The van der Waals surface area contributed by atoms with Crippen LogP contribution in [0.1, 0.15) is 22.3 Å². The number of alkyl halides is 3. The molecule has 0 aliphatic carbocycles. The van der Waals surface area contributed by atoms with Gasteiger partial charge in [-0.1, -0.05) is 30.3 Å². The predicted octanol–water partition coefficient (Wildman–Crippen LogP) is 6.17. The number of anilines is 4. The summed E-state index contributed by atoms with van der Waals surface area (Å²) in [6.07, 6.45) is -4.61. The number of halogens is 3. The standard InChI is InChI=1S/C15H10F3N3O2.C15H13N3O2.CH4N2O/c16-15(17,18)10-3-1-2-4-11(10)20-14(23)21-12-6-5-9(8-19)7-13(12)22;1-10-4-2-3-5-12(10)17-15(20)18-13-7-6-11(9-16)8-14(13)19;2-1(3)4/h1-7,22H,(H2,20,21,23);2-8,19H,1H3,(H2,17,18,20);(H4,2,3,4). The van der Waals surface area contributed by atoms with Crippen molar-refractivity contribution in [2.75, 3.05) is 21.3 Å². The molecule has 10 N–H and O–H groups in total. The smallest absolute Gasteiger partial charge is 0.418 e. The second-order valence-corrected chi connectivity index (χ2v) is 9.11. The highest BCUT2D eigenvalue weighted by atomic mass is 19.4. The molecule has 4 rings (SSSR count). The Morgan fingerprint density at radius 1 is 0.660 bits per heavy atom. The predicted molar refractivity (Wildman–Crippen MR) is 167 cm³/mol. The lowest BCUT2D eigenvalue weighted by Crippen LogP contribution is -2.21. The number of aryl methyl sites for hydroxylation is 1. The number of carbonyl (C=O) groups is 3. The Kier molecular flexibility index (Phi) is 12.9. The van der Waals surface area contributed by atoms with Crippen LogP contribution in [0.2, 0.25) is 0 Å². The maximum absolute atomic E-state index is 12.8. The van der Waals surface area contributed by atoms with Gasteiger partial charge in [0.05, 0.1) is 45.9 Å². The van der Waals surface area contributed by atoms with Gasteiger partial charge in [-0.2, -0.15) is 23.7 Å². The lowest BCUT2D eigenvalue weighted by atomic mass is 10.1. The van der Waals surface area contributed by atoms with Crippen molar-refractivity contribution in [3.05, 3.63) is 107 Å². The highest BCUT2D eigenvalue weighted by Gasteiger charge is 2.33. The first-order chi connectivity index (χ1) is 22.1. The largest absolute Gasteiger partial charge is 0.506 e. The van der Waals surface area contributed by atoms with E-state index in [4.69, 9.17) is 15.3 Å². The number of hydrogen-bond donors (Lipinski definition) is 8. The van der Waals surface area contributed by atoms with Crippen molar-refractivity contribution in [2.45, 2.75) is 13.1 Å². The molecule has 0 saturated carbocycles. The summed E-state index contributed by atoms with van der Waals surface area (Å²) in [5.41, 5.74) is 9.44. The van der Waals surface area contributed by atoms with E-state index in [-0.39, 0.29) is 28.4 Å². The van der Waals surface area contributed by atoms with Gasteiger partial charge in [0, 0.05) is 5.69 Å². The van der Waals surface area contributed by atoms with Crippen LogP contribution in [0.15, 0.2) is 84.9 Å². The fourth-order valence-corrected chi connectivity index (χ4v) is 3.52. The van der Waals surface area contributed by atoms with Crippen LogP contribution in [0.25, 0.3) is 0 Å². The summed E-state index contributed by atoms with van der Waals surface area (Å²) in [6, 6.07) is 21.4. The highest BCUT2D eigenvalue weighted by molar-refractivity contribution is 6.02. The van der Waals surface area contributed by atoms with Crippen LogP contribution in [0.5, 0.6) is 11.5 Å². The number of rotatable bonds is 4. The molecule has 6 amide bonds. The number of phenolic OH excluding ortho intramolecular Hbond substituents is 2. The van der Waals surface area contributed by atoms with Gasteiger partial charge in [0.15, 0.2) is 0 Å². The Morgan fingerprint density at radius 2 is 1.04 bits per heavy atom. The zero-order valence-electron chi connectivity index (χ0n) is 24.4. The molecule has 13 nitrogen and oxygen atoms in total. The van der Waals surface area contributed by atoms with Gasteiger partial charge in [-0.25, -0.2) is 14.4 Å². The van der Waals surface area contributed by atoms with Crippen LogP contribution in [0.3, 0.4) is 0 Å². The van der Waals surface area contributed by atoms with E-state index in [0.29, 0.717) is 11.3 Å². The van der Waals surface area contributed by atoms with Crippen LogP contribution in [-0.2, 0) is 6.18 Å². The van der Waals surface area contributed by atoms with Crippen molar-refractivity contribution in [2.24, 2.45) is 11.5 Å². The number of nitriles is 2. The Morgan fingerprint density at radius 3 is 1.45 bits per heavy atom. The summed E-state index contributed by atoms with van der Waals surface area (Å²) in [7, 11) is 0. The fourth-order valence-electron chi connectivity index (χ4n) is 3.52. The number of carbonyl (C=O) groups excluding carboxylic acids is 3. The summed E-state index contributed by atoms with van der Waals surface area (Å²) < 4.78 is 38.5. The van der Waals surface area contributed by atoms with E-state index in [9.17, 15) is 33.0 Å². The van der Waals surface area contributed by atoms with Crippen LogP contribution in [-0.4, -0.2) is 28.3 Å². The molecule has 16 heteroatoms. The topological polar surface area (TPSA) is 239 Å². The average molecular weight is 649 g/mol. The molecule has 0 spiro atoms. The maximum Gasteiger partial charge on any atom is 0.418 e. The van der Waals surface area contributed by atoms with Crippen LogP contribution >= 0.6 is 0 Å². The minimum Gasteiger partial charge on any atom is -0.506 e. The Labute approximate surface area is 265 Å². The lowest BCUT2D eigenvalue weighted by molar-refractivity contribution is -0.136. The number of amides is 6. The molecule has 0 aliphatic heterocycles. The number of urea groups is 3. The molecular formula is C31H27F3N8O5. The first-order valence-electron chi connectivity index (χ1n) is 13.0. The van der Waals surface area contributed by atoms with E-state index in [1.807, 2.05) is 31.2 Å². The number of phenols is 2. The molecule has 47 heavy (non-hydrogen) atoms. The summed E-state index contributed by atoms with van der Waals surface area (Å²) in [6.45, 7) is 1.88. The number of benzene rings is 4. The minimum atomic E-state index is -4.61. The third kappa shape index (κ3) is 11.9. The van der Waals surface area contributed by atoms with Gasteiger partial charge in [0.2, 0.25) is 0 Å². The molecule has 0 radical (unpaired) electrons. The number of hydrogen-bond acceptors (Lipinski definition) is 7. The summed E-state index contributed by atoms with van der Waals surface area (Å²) >= 11 is 0. The third-order valence-corrected chi connectivity index (χ3v) is 5.62. The van der Waals surface area contributed by atoms with Crippen molar-refractivity contribution in [1.82, 2.24) is 0 Å². The monoisotopic (exact) mass is 648 g/mol. The van der Waals surface area contributed by atoms with E-state index < -0.39 is 35.5 Å². The Hall–Kier alpha value is -6.94. The molecule has 0 atom stereocenters. The summed E-state index contributed by atoms with van der Waals surface area (Å²) in [4.78, 5) is 32.6. The normalized spacial score (nSPS) is 9.83. The molecular weight excluding hydrogens is 621 g/mol. The second kappa shape index (κ2) is 16.8. The lowest BCUT2D eigenvalue weighted by Gasteiger charge is -2.14. The van der Waals surface area contributed by atoms with Crippen molar-refractivity contribution < 1.29 is 37.8 Å². The molecule has 0 saturated heterocycles. The Bertz CT molecular complexity index is 1830. The van der Waals surface area contributed by atoms with Crippen molar-refractivity contribution in [3.8, 4) is 23.6 Å². The summed E-state index contributed by atoms with van der Waals surface area (Å²) in [5, 5.41) is 46.2. The van der Waals surface area contributed by atoms with Gasteiger partial charge < -0.3 is 42.9 Å². The van der Waals surface area contributed by atoms with E-state index >= 15 is 0 Å². The molecule has 0 unspecified atom stereocenters. The summed E-state index contributed by atoms with van der Waals surface area (Å²) in [5.74, 6) is -0.521. The van der Waals surface area contributed by atoms with Gasteiger partial charge in [-0.15, -0.1) is 0 Å². The van der Waals surface area contributed by atoms with Crippen LogP contribution < -0.4 is 32.7 Å². The fraction of sp³-hybridized carbons (Fsp3) is 0.0645. The van der Waals surface area contributed by atoms with Crippen molar-refractivity contribution in [1.29, 1.82) is 10.5 Å². The number of primary amides is 2. The number of aromatic hydroxyl groups is 2. The quantitative estimate of drug-likeness (QED) is 0.120.